The van der Waals surface area contributed by atoms with Crippen molar-refractivity contribution in [2.75, 3.05) is 18.4 Å². The lowest BCUT2D eigenvalue weighted by Gasteiger charge is -2.35. The number of hydrogen-bond donors (Lipinski definition) is 3. The van der Waals surface area contributed by atoms with Gasteiger partial charge in [-0.1, -0.05) is 0 Å². The summed E-state index contributed by atoms with van der Waals surface area (Å²) in [4.78, 5) is 20.6. The first-order valence-corrected chi connectivity index (χ1v) is 10.8. The first kappa shape index (κ1) is 22.5. The van der Waals surface area contributed by atoms with Gasteiger partial charge >= 0.3 is 0 Å². The molecule has 1 amide bonds. The Kier molecular flexibility index (Phi) is 5.62. The van der Waals surface area contributed by atoms with Crippen molar-refractivity contribution in [2.24, 2.45) is 0 Å². The fraction of sp³-hybridized carbons (Fsp3) is 0.409. The lowest BCUT2D eigenvalue weighted by Crippen LogP contribution is -2.50. The fourth-order valence-corrected chi connectivity index (χ4v) is 4.22. The van der Waals surface area contributed by atoms with Crippen molar-refractivity contribution in [3.63, 3.8) is 0 Å². The molecule has 34 heavy (non-hydrogen) atoms. The maximum Gasteiger partial charge on any atom is 0.252 e. The van der Waals surface area contributed by atoms with Crippen LogP contribution in [0.5, 0.6) is 0 Å². The van der Waals surface area contributed by atoms with Crippen LogP contribution in [-0.2, 0) is 0 Å². The third-order valence-corrected chi connectivity index (χ3v) is 6.09. The van der Waals surface area contributed by atoms with E-state index in [1.807, 2.05) is 0 Å². The Morgan fingerprint density at radius 1 is 1.21 bits per heavy atom. The summed E-state index contributed by atoms with van der Waals surface area (Å²) >= 11 is 0. The maximum absolute atomic E-state index is 14.7. The van der Waals surface area contributed by atoms with Crippen molar-refractivity contribution in [3.05, 3.63) is 47.8 Å². The minimum absolute atomic E-state index is 0.194. The first-order valence-electron chi connectivity index (χ1n) is 10.8. The molecule has 5 rings (SSSR count). The van der Waals surface area contributed by atoms with Gasteiger partial charge in [0, 0.05) is 43.3 Å². The third-order valence-electron chi connectivity index (χ3n) is 6.09. The Hall–Kier alpha value is -3.28. The van der Waals surface area contributed by atoms with E-state index in [9.17, 15) is 26.7 Å². The monoisotopic (exact) mass is 480 g/mol. The largest absolute Gasteiger partial charge is 0.361 e. The van der Waals surface area contributed by atoms with E-state index in [1.165, 1.54) is 28.9 Å². The lowest BCUT2D eigenvalue weighted by molar-refractivity contribution is -0.0901. The number of nitrogens with one attached hydrogen (secondary N) is 3. The Balaban J connectivity index is 1.40. The molecule has 4 heterocycles. The van der Waals surface area contributed by atoms with E-state index in [0.29, 0.717) is 12.6 Å². The molecule has 0 unspecified atom stereocenters. The maximum atomic E-state index is 14.7. The number of rotatable bonds is 5. The lowest BCUT2D eigenvalue weighted by atomic mass is 9.88. The SMILES string of the molecule is O=C(NC1CC(F)(F)C1)c1ccn2c(-c3nc(N[C@H]4CNCC[C@@H]4F)c(F)cc3F)cnc2c1. The van der Waals surface area contributed by atoms with Crippen LogP contribution in [0, 0.1) is 11.6 Å². The van der Waals surface area contributed by atoms with Crippen LogP contribution >= 0.6 is 0 Å². The molecule has 3 aromatic rings. The van der Waals surface area contributed by atoms with Crippen LogP contribution in [-0.4, -0.2) is 57.5 Å². The standard InChI is InChI=1S/C22H21F5N6O/c23-13-1-3-28-9-16(13)31-20-15(25)6-14(24)19(32-20)17-10-29-18-5-11(2-4-33(17)18)21(34)30-12-7-22(26,27)8-12/h2,4-6,10,12-13,16,28H,1,3,7-9H2,(H,30,34)(H,31,32)/t13-,16-/m0/s1. The van der Waals surface area contributed by atoms with Crippen LogP contribution in [0.15, 0.2) is 30.6 Å². The number of nitrogens with zero attached hydrogens (tertiary/aromatic N) is 3. The van der Waals surface area contributed by atoms with E-state index < -0.39 is 54.6 Å². The summed E-state index contributed by atoms with van der Waals surface area (Å²) in [6, 6.07) is 2.22. The number of amides is 1. The van der Waals surface area contributed by atoms with E-state index >= 15 is 0 Å². The number of halogens is 5. The highest BCUT2D eigenvalue weighted by atomic mass is 19.3. The number of aromatic nitrogens is 3. The molecule has 0 aromatic carbocycles. The average molecular weight is 480 g/mol. The quantitative estimate of drug-likeness (QED) is 0.488. The fourth-order valence-electron chi connectivity index (χ4n) is 4.22. The second kappa shape index (κ2) is 8.49. The Morgan fingerprint density at radius 2 is 2.00 bits per heavy atom. The minimum Gasteiger partial charge on any atom is -0.361 e. The first-order chi connectivity index (χ1) is 16.2. The van der Waals surface area contributed by atoms with Crippen molar-refractivity contribution in [1.29, 1.82) is 0 Å². The van der Waals surface area contributed by atoms with E-state index in [2.05, 4.69) is 25.9 Å². The smallest absolute Gasteiger partial charge is 0.252 e. The highest BCUT2D eigenvalue weighted by Crippen LogP contribution is 2.37. The van der Waals surface area contributed by atoms with Gasteiger partial charge in [0.05, 0.1) is 17.9 Å². The predicted octanol–water partition coefficient (Wildman–Crippen LogP) is 3.31. The van der Waals surface area contributed by atoms with Crippen molar-refractivity contribution in [2.45, 2.75) is 43.4 Å². The number of pyridine rings is 2. The number of hydrogen-bond acceptors (Lipinski definition) is 5. The molecule has 0 spiro atoms. The third kappa shape index (κ3) is 4.29. The van der Waals surface area contributed by atoms with Crippen LogP contribution in [0.2, 0.25) is 0 Å². The van der Waals surface area contributed by atoms with Gasteiger partial charge in [0.25, 0.3) is 11.8 Å². The second-order valence-electron chi connectivity index (χ2n) is 8.63. The van der Waals surface area contributed by atoms with Gasteiger partial charge in [0.2, 0.25) is 0 Å². The van der Waals surface area contributed by atoms with Crippen LogP contribution in [0.3, 0.4) is 0 Å². The summed E-state index contributed by atoms with van der Waals surface area (Å²) in [5, 5.41) is 8.26. The molecule has 12 heteroatoms. The zero-order chi connectivity index (χ0) is 24.0. The van der Waals surface area contributed by atoms with Crippen molar-refractivity contribution >= 4 is 17.4 Å². The molecule has 3 N–H and O–H groups in total. The van der Waals surface area contributed by atoms with Gasteiger partial charge < -0.3 is 16.0 Å². The number of imidazole rings is 1. The Bertz CT molecular complexity index is 1240. The van der Waals surface area contributed by atoms with E-state index in [1.54, 1.807) is 0 Å². The molecule has 0 bridgehead atoms. The van der Waals surface area contributed by atoms with Gasteiger partial charge in [-0.15, -0.1) is 0 Å². The molecule has 7 nitrogen and oxygen atoms in total. The zero-order valence-corrected chi connectivity index (χ0v) is 17.8. The number of carbonyl (C=O) groups is 1. The topological polar surface area (TPSA) is 83.4 Å². The molecule has 2 atom stereocenters. The highest BCUT2D eigenvalue weighted by Gasteiger charge is 2.46. The molecule has 180 valence electrons. The van der Waals surface area contributed by atoms with E-state index in [4.69, 9.17) is 0 Å². The molecule has 1 saturated carbocycles. The molecular formula is C22H21F5N6O. The summed E-state index contributed by atoms with van der Waals surface area (Å²) in [6.07, 6.45) is 1.03. The van der Waals surface area contributed by atoms with E-state index in [-0.39, 0.29) is 41.4 Å². The van der Waals surface area contributed by atoms with Gasteiger partial charge in [-0.2, -0.15) is 0 Å². The van der Waals surface area contributed by atoms with Gasteiger partial charge in [0.1, 0.15) is 17.5 Å². The van der Waals surface area contributed by atoms with Crippen LogP contribution in [0.4, 0.5) is 27.8 Å². The summed E-state index contributed by atoms with van der Waals surface area (Å²) in [7, 11) is 0. The number of carbonyl (C=O) groups excluding carboxylic acids is 1. The molecular weight excluding hydrogens is 459 g/mol. The summed E-state index contributed by atoms with van der Waals surface area (Å²) in [5.74, 6) is -5.44. The van der Waals surface area contributed by atoms with Crippen LogP contribution < -0.4 is 16.0 Å². The summed E-state index contributed by atoms with van der Waals surface area (Å²) in [6.45, 7) is 0.785. The molecule has 2 aliphatic rings. The zero-order valence-electron chi connectivity index (χ0n) is 17.8. The van der Waals surface area contributed by atoms with Crippen LogP contribution in [0.25, 0.3) is 17.0 Å². The molecule has 1 aliphatic heterocycles. The molecule has 3 aromatic heterocycles. The van der Waals surface area contributed by atoms with Gasteiger partial charge in [0.15, 0.2) is 17.5 Å². The van der Waals surface area contributed by atoms with Gasteiger partial charge in [-0.25, -0.2) is 31.9 Å². The van der Waals surface area contributed by atoms with Gasteiger partial charge in [-0.3, -0.25) is 9.20 Å². The number of piperidine rings is 1. The summed E-state index contributed by atoms with van der Waals surface area (Å²) < 4.78 is 70.6. The van der Waals surface area contributed by atoms with Crippen molar-refractivity contribution in [1.82, 2.24) is 25.0 Å². The second-order valence-corrected chi connectivity index (χ2v) is 8.63. The van der Waals surface area contributed by atoms with Crippen molar-refractivity contribution < 1.29 is 26.7 Å². The normalized spacial score (nSPS) is 22.4. The molecule has 1 saturated heterocycles. The molecule has 0 radical (unpaired) electrons. The Morgan fingerprint density at radius 3 is 2.74 bits per heavy atom. The van der Waals surface area contributed by atoms with Crippen LogP contribution in [0.1, 0.15) is 29.6 Å². The highest BCUT2D eigenvalue weighted by molar-refractivity contribution is 5.95. The number of anilines is 1. The number of fused-ring (bicyclic) bond motifs is 1. The van der Waals surface area contributed by atoms with Gasteiger partial charge in [-0.05, 0) is 25.1 Å². The van der Waals surface area contributed by atoms with Crippen molar-refractivity contribution in [3.8, 4) is 11.4 Å². The average Bonchev–Trinajstić information content (AvgIpc) is 3.19. The Labute approximate surface area is 190 Å². The molecule has 2 fully saturated rings. The van der Waals surface area contributed by atoms with E-state index in [0.717, 1.165) is 0 Å². The predicted molar refractivity (Wildman–Crippen MR) is 114 cm³/mol. The number of alkyl halides is 3. The minimum atomic E-state index is -2.75. The molecule has 1 aliphatic carbocycles. The summed E-state index contributed by atoms with van der Waals surface area (Å²) in [5.41, 5.74) is 0.472.